The summed E-state index contributed by atoms with van der Waals surface area (Å²) in [6.07, 6.45) is 6.73. The molecule has 0 radical (unpaired) electrons. The van der Waals surface area contributed by atoms with Crippen molar-refractivity contribution >= 4 is 22.2 Å². The molecule has 8 heteroatoms. The topological polar surface area (TPSA) is 71.7 Å². The highest BCUT2D eigenvalue weighted by atomic mass is 32.1. The second-order valence-electron chi connectivity index (χ2n) is 6.04. The Morgan fingerprint density at radius 3 is 2.95 bits per heavy atom. The first kappa shape index (κ1) is 12.4. The Kier molecular flexibility index (Phi) is 2.59. The van der Waals surface area contributed by atoms with Crippen LogP contribution in [0.3, 0.4) is 0 Å². The second kappa shape index (κ2) is 4.40. The van der Waals surface area contributed by atoms with Crippen molar-refractivity contribution in [3.63, 3.8) is 0 Å². The fourth-order valence-corrected chi connectivity index (χ4v) is 5.16. The molecular weight excluding hydrogens is 288 g/mol. The van der Waals surface area contributed by atoms with E-state index in [0.717, 1.165) is 36.2 Å². The van der Waals surface area contributed by atoms with E-state index in [-0.39, 0.29) is 18.2 Å². The van der Waals surface area contributed by atoms with Crippen LogP contribution in [-0.2, 0) is 12.8 Å². The Labute approximate surface area is 126 Å². The zero-order valence-electron chi connectivity index (χ0n) is 11.6. The monoisotopic (exact) mass is 306 g/mol. The quantitative estimate of drug-likeness (QED) is 0.565. The summed E-state index contributed by atoms with van der Waals surface area (Å²) >= 11 is 1.79. The molecular formula is C13H18N6OS. The lowest BCUT2D eigenvalue weighted by atomic mass is 9.94. The Hall–Kier alpha value is -1.19. The van der Waals surface area contributed by atoms with Crippen molar-refractivity contribution in [2.45, 2.75) is 50.9 Å². The van der Waals surface area contributed by atoms with Gasteiger partial charge >= 0.3 is 0 Å². The van der Waals surface area contributed by atoms with E-state index in [9.17, 15) is 4.79 Å². The lowest BCUT2D eigenvalue weighted by molar-refractivity contribution is -0.104. The standard InChI is InChI=1S/C13H18N6OS/c20-13-11-7-3-1-2-4-8(7)21-12(11)14-9-5-6-10-15-16-17-19(10)18(9)13/h9-10,14-17H,1-6H2. The van der Waals surface area contributed by atoms with E-state index in [0.29, 0.717) is 0 Å². The summed E-state index contributed by atoms with van der Waals surface area (Å²) in [5.74, 6) is 0.135. The molecule has 112 valence electrons. The molecule has 4 aliphatic rings. The average molecular weight is 306 g/mol. The molecule has 3 aliphatic heterocycles. The highest BCUT2D eigenvalue weighted by Crippen LogP contribution is 2.43. The maximum atomic E-state index is 13.1. The third-order valence-electron chi connectivity index (χ3n) is 4.84. The number of hydrazine groups is 4. The van der Waals surface area contributed by atoms with Gasteiger partial charge in [-0.1, -0.05) is 0 Å². The van der Waals surface area contributed by atoms with Gasteiger partial charge in [-0.3, -0.25) is 4.79 Å². The van der Waals surface area contributed by atoms with Crippen molar-refractivity contribution < 1.29 is 4.79 Å². The lowest BCUT2D eigenvalue weighted by Gasteiger charge is -2.46. The van der Waals surface area contributed by atoms with Crippen LogP contribution in [0, 0.1) is 0 Å². The zero-order chi connectivity index (χ0) is 14.0. The number of amides is 1. The van der Waals surface area contributed by atoms with Crippen molar-refractivity contribution in [2.24, 2.45) is 0 Å². The third kappa shape index (κ3) is 1.65. The molecule has 1 aromatic rings. The Balaban J connectivity index is 1.59. The van der Waals surface area contributed by atoms with Crippen molar-refractivity contribution in [3.8, 4) is 0 Å². The summed E-state index contributed by atoms with van der Waals surface area (Å²) in [6, 6.07) is 0. The number of nitrogens with one attached hydrogen (secondary N) is 4. The molecule has 2 fully saturated rings. The van der Waals surface area contributed by atoms with E-state index in [1.165, 1.54) is 23.3 Å². The molecule has 2 atom stereocenters. The minimum absolute atomic E-state index is 0.0514. The SMILES string of the molecule is O=C1c2c(sc3c2CCCC3)NC2CCC3NNNN3N12. The van der Waals surface area contributed by atoms with Crippen molar-refractivity contribution in [2.75, 3.05) is 5.32 Å². The molecule has 2 unspecified atom stereocenters. The number of anilines is 1. The summed E-state index contributed by atoms with van der Waals surface area (Å²) < 4.78 is 0. The van der Waals surface area contributed by atoms with Gasteiger partial charge in [-0.15, -0.1) is 16.5 Å². The van der Waals surface area contributed by atoms with Crippen LogP contribution in [0.2, 0.25) is 0 Å². The minimum atomic E-state index is 0.0514. The van der Waals surface area contributed by atoms with Crippen LogP contribution >= 0.6 is 11.3 Å². The van der Waals surface area contributed by atoms with E-state index in [1.807, 2.05) is 10.1 Å². The highest BCUT2D eigenvalue weighted by molar-refractivity contribution is 7.16. The molecule has 4 N–H and O–H groups in total. The lowest BCUT2D eigenvalue weighted by Crippen LogP contribution is -2.65. The molecule has 4 heterocycles. The van der Waals surface area contributed by atoms with Gasteiger partial charge in [0, 0.05) is 4.88 Å². The van der Waals surface area contributed by atoms with Crippen LogP contribution in [0.4, 0.5) is 5.00 Å². The number of aryl methyl sites for hydroxylation is 1. The number of hydrogen-bond acceptors (Lipinski definition) is 7. The van der Waals surface area contributed by atoms with Crippen LogP contribution < -0.4 is 21.8 Å². The number of hydrogen-bond donors (Lipinski definition) is 4. The number of rotatable bonds is 0. The maximum Gasteiger partial charge on any atom is 0.274 e. The fraction of sp³-hybridized carbons (Fsp3) is 0.615. The maximum absolute atomic E-state index is 13.1. The van der Waals surface area contributed by atoms with Crippen molar-refractivity contribution in [1.82, 2.24) is 26.6 Å². The van der Waals surface area contributed by atoms with Crippen LogP contribution in [0.15, 0.2) is 0 Å². The number of nitrogens with zero attached hydrogens (tertiary/aromatic N) is 2. The zero-order valence-corrected chi connectivity index (χ0v) is 12.4. The normalized spacial score (nSPS) is 31.2. The van der Waals surface area contributed by atoms with Crippen LogP contribution in [-0.4, -0.2) is 28.4 Å². The van der Waals surface area contributed by atoms with Crippen LogP contribution in [0.25, 0.3) is 0 Å². The van der Waals surface area contributed by atoms with Gasteiger partial charge in [0.1, 0.15) is 17.3 Å². The molecule has 0 saturated carbocycles. The van der Waals surface area contributed by atoms with E-state index in [2.05, 4.69) is 21.8 Å². The van der Waals surface area contributed by atoms with E-state index in [1.54, 1.807) is 11.3 Å². The van der Waals surface area contributed by atoms with Crippen LogP contribution in [0.1, 0.15) is 46.5 Å². The van der Waals surface area contributed by atoms with Gasteiger partial charge in [0.25, 0.3) is 5.91 Å². The number of carbonyl (C=O) groups excluding carboxylic acids is 1. The second-order valence-corrected chi connectivity index (χ2v) is 7.15. The number of fused-ring (bicyclic) bond motifs is 6. The summed E-state index contributed by atoms with van der Waals surface area (Å²) in [7, 11) is 0. The molecule has 21 heavy (non-hydrogen) atoms. The van der Waals surface area contributed by atoms with Gasteiger partial charge in [0.2, 0.25) is 0 Å². The van der Waals surface area contributed by atoms with E-state index >= 15 is 0 Å². The highest BCUT2D eigenvalue weighted by Gasteiger charge is 2.46. The Morgan fingerprint density at radius 1 is 1.14 bits per heavy atom. The van der Waals surface area contributed by atoms with Crippen molar-refractivity contribution in [3.05, 3.63) is 16.0 Å². The van der Waals surface area contributed by atoms with Gasteiger partial charge < -0.3 is 5.32 Å². The van der Waals surface area contributed by atoms with Crippen LogP contribution in [0.5, 0.6) is 0 Å². The number of thiophene rings is 1. The molecule has 1 aliphatic carbocycles. The molecule has 2 saturated heterocycles. The predicted molar refractivity (Wildman–Crippen MR) is 78.8 cm³/mol. The predicted octanol–water partition coefficient (Wildman–Crippen LogP) is 0.685. The minimum Gasteiger partial charge on any atom is -0.355 e. The Morgan fingerprint density at radius 2 is 2.00 bits per heavy atom. The van der Waals surface area contributed by atoms with Gasteiger partial charge in [0.15, 0.2) is 0 Å². The van der Waals surface area contributed by atoms with Gasteiger partial charge in [0.05, 0.1) is 5.56 Å². The summed E-state index contributed by atoms with van der Waals surface area (Å²) in [6.45, 7) is 0. The third-order valence-corrected chi connectivity index (χ3v) is 6.06. The Bertz CT molecular complexity index is 616. The smallest absolute Gasteiger partial charge is 0.274 e. The van der Waals surface area contributed by atoms with E-state index in [4.69, 9.17) is 0 Å². The van der Waals surface area contributed by atoms with Gasteiger partial charge in [-0.25, -0.2) is 10.4 Å². The summed E-state index contributed by atoms with van der Waals surface area (Å²) in [5, 5.41) is 8.40. The van der Waals surface area contributed by atoms with Gasteiger partial charge in [-0.2, -0.15) is 11.1 Å². The summed E-state index contributed by atoms with van der Waals surface area (Å²) in [4.78, 5) is 14.5. The molecule has 7 nitrogen and oxygen atoms in total. The molecule has 0 aromatic carbocycles. The average Bonchev–Trinajstić information content (AvgIpc) is 3.10. The molecule has 0 spiro atoms. The first-order valence-electron chi connectivity index (χ1n) is 7.63. The molecule has 0 bridgehead atoms. The van der Waals surface area contributed by atoms with Crippen molar-refractivity contribution in [1.29, 1.82) is 0 Å². The fourth-order valence-electron chi connectivity index (χ4n) is 3.83. The number of carbonyl (C=O) groups is 1. The largest absolute Gasteiger partial charge is 0.355 e. The first-order chi connectivity index (χ1) is 10.3. The van der Waals surface area contributed by atoms with E-state index < -0.39 is 0 Å². The molecule has 1 amide bonds. The molecule has 5 rings (SSSR count). The summed E-state index contributed by atoms with van der Waals surface area (Å²) in [5.41, 5.74) is 11.3. The molecule has 1 aromatic heterocycles. The van der Waals surface area contributed by atoms with Gasteiger partial charge in [-0.05, 0) is 44.1 Å². The first-order valence-corrected chi connectivity index (χ1v) is 8.44.